The SMILES string of the molecule is CCC[C@@H](NC(C)=O)C(=O)N1CCc2nc(-c3ccc(OC)nc3)[nH]c2C1. The fourth-order valence-electron chi connectivity index (χ4n) is 3.27. The maximum absolute atomic E-state index is 12.8. The van der Waals surface area contributed by atoms with E-state index in [4.69, 9.17) is 4.74 Å². The standard InChI is InChI=1S/C19H25N5O3/c1-4-5-15(21-12(2)25)19(26)24-9-8-14-16(11-24)23-18(22-14)13-6-7-17(27-3)20-10-13/h6-7,10,15H,4-5,8-9,11H2,1-3H3,(H,21,25)(H,22,23)/t15-/m1/s1. The molecule has 2 N–H and O–H groups in total. The lowest BCUT2D eigenvalue weighted by molar-refractivity contribution is -0.137. The molecule has 2 aromatic heterocycles. The fraction of sp³-hybridized carbons (Fsp3) is 0.474. The van der Waals surface area contributed by atoms with E-state index in [-0.39, 0.29) is 11.8 Å². The first-order valence-corrected chi connectivity index (χ1v) is 9.15. The third-order valence-corrected chi connectivity index (χ3v) is 4.62. The number of nitrogens with one attached hydrogen (secondary N) is 2. The summed E-state index contributed by atoms with van der Waals surface area (Å²) in [4.78, 5) is 38.2. The van der Waals surface area contributed by atoms with Gasteiger partial charge in [0.15, 0.2) is 0 Å². The Balaban J connectivity index is 1.74. The summed E-state index contributed by atoms with van der Waals surface area (Å²) < 4.78 is 5.08. The number of amides is 2. The molecule has 0 saturated heterocycles. The van der Waals surface area contributed by atoms with Crippen LogP contribution in [0.25, 0.3) is 11.4 Å². The highest BCUT2D eigenvalue weighted by Gasteiger charge is 2.29. The van der Waals surface area contributed by atoms with Gasteiger partial charge in [0.2, 0.25) is 17.7 Å². The van der Waals surface area contributed by atoms with E-state index < -0.39 is 6.04 Å². The van der Waals surface area contributed by atoms with Gasteiger partial charge >= 0.3 is 0 Å². The van der Waals surface area contributed by atoms with Gasteiger partial charge in [0.05, 0.1) is 25.0 Å². The third kappa shape index (κ3) is 4.27. The molecule has 0 saturated carbocycles. The Morgan fingerprint density at radius 1 is 1.41 bits per heavy atom. The molecule has 1 aliphatic heterocycles. The minimum atomic E-state index is -0.470. The van der Waals surface area contributed by atoms with Crippen LogP contribution in [0.2, 0.25) is 0 Å². The fourth-order valence-corrected chi connectivity index (χ4v) is 3.27. The molecule has 3 heterocycles. The molecular formula is C19H25N5O3. The van der Waals surface area contributed by atoms with Crippen LogP contribution in [0.15, 0.2) is 18.3 Å². The highest BCUT2D eigenvalue weighted by Crippen LogP contribution is 2.24. The summed E-state index contributed by atoms with van der Waals surface area (Å²) in [5, 5.41) is 2.77. The average molecular weight is 371 g/mol. The highest BCUT2D eigenvalue weighted by molar-refractivity contribution is 5.87. The van der Waals surface area contributed by atoms with Crippen LogP contribution in [0.3, 0.4) is 0 Å². The Morgan fingerprint density at radius 2 is 2.22 bits per heavy atom. The lowest BCUT2D eigenvalue weighted by Gasteiger charge is -2.30. The predicted molar refractivity (Wildman–Crippen MR) is 100 cm³/mol. The number of hydrogen-bond donors (Lipinski definition) is 2. The van der Waals surface area contributed by atoms with Crippen LogP contribution in [0.1, 0.15) is 38.1 Å². The molecule has 3 rings (SSSR count). The third-order valence-electron chi connectivity index (χ3n) is 4.62. The maximum Gasteiger partial charge on any atom is 0.245 e. The van der Waals surface area contributed by atoms with Crippen molar-refractivity contribution in [1.29, 1.82) is 0 Å². The molecular weight excluding hydrogens is 346 g/mol. The number of carbonyl (C=O) groups excluding carboxylic acids is 2. The zero-order valence-electron chi connectivity index (χ0n) is 15.9. The van der Waals surface area contributed by atoms with Gasteiger partial charge in [-0.1, -0.05) is 13.3 Å². The quantitative estimate of drug-likeness (QED) is 0.804. The molecule has 8 heteroatoms. The normalized spacial score (nSPS) is 14.4. The van der Waals surface area contributed by atoms with Crippen LogP contribution in [0.5, 0.6) is 5.88 Å². The number of imidazole rings is 1. The molecule has 27 heavy (non-hydrogen) atoms. The van der Waals surface area contributed by atoms with E-state index in [1.54, 1.807) is 24.3 Å². The first-order chi connectivity index (χ1) is 13.0. The molecule has 0 bridgehead atoms. The molecule has 8 nitrogen and oxygen atoms in total. The Kier molecular flexibility index (Phi) is 5.73. The van der Waals surface area contributed by atoms with Crippen molar-refractivity contribution in [3.63, 3.8) is 0 Å². The number of aromatic nitrogens is 3. The maximum atomic E-state index is 12.8. The van der Waals surface area contributed by atoms with Crippen molar-refractivity contribution in [2.45, 2.75) is 45.7 Å². The summed E-state index contributed by atoms with van der Waals surface area (Å²) >= 11 is 0. The number of aromatic amines is 1. The number of fused-ring (bicyclic) bond motifs is 1. The molecule has 0 aromatic carbocycles. The monoisotopic (exact) mass is 371 g/mol. The highest BCUT2D eigenvalue weighted by atomic mass is 16.5. The van der Waals surface area contributed by atoms with Crippen molar-refractivity contribution < 1.29 is 14.3 Å². The predicted octanol–water partition coefficient (Wildman–Crippen LogP) is 1.67. The van der Waals surface area contributed by atoms with Crippen molar-refractivity contribution in [3.8, 4) is 17.3 Å². The number of pyridine rings is 1. The molecule has 0 aliphatic carbocycles. The molecule has 0 unspecified atom stereocenters. The minimum Gasteiger partial charge on any atom is -0.481 e. The van der Waals surface area contributed by atoms with Crippen molar-refractivity contribution in [2.24, 2.45) is 0 Å². The Labute approximate surface area is 158 Å². The Bertz CT molecular complexity index is 815. The van der Waals surface area contributed by atoms with Gasteiger partial charge in [-0.2, -0.15) is 0 Å². The lowest BCUT2D eigenvalue weighted by Crippen LogP contribution is -2.49. The summed E-state index contributed by atoms with van der Waals surface area (Å²) in [6, 6.07) is 3.21. The zero-order chi connectivity index (χ0) is 19.4. The molecule has 2 aromatic rings. The van der Waals surface area contributed by atoms with Crippen LogP contribution in [-0.2, 0) is 22.6 Å². The Hall–Kier alpha value is -2.90. The van der Waals surface area contributed by atoms with Gasteiger partial charge in [-0.25, -0.2) is 9.97 Å². The summed E-state index contributed by atoms with van der Waals surface area (Å²) in [6.45, 7) is 4.50. The molecule has 2 amide bonds. The summed E-state index contributed by atoms with van der Waals surface area (Å²) in [5.41, 5.74) is 2.76. The summed E-state index contributed by atoms with van der Waals surface area (Å²) in [7, 11) is 1.58. The van der Waals surface area contributed by atoms with Crippen LogP contribution >= 0.6 is 0 Å². The van der Waals surface area contributed by atoms with E-state index in [2.05, 4.69) is 20.3 Å². The van der Waals surface area contributed by atoms with Crippen LogP contribution < -0.4 is 10.1 Å². The number of ether oxygens (including phenoxy) is 1. The van der Waals surface area contributed by atoms with Gasteiger partial charge in [-0.15, -0.1) is 0 Å². The van der Waals surface area contributed by atoms with Crippen molar-refractivity contribution in [1.82, 2.24) is 25.2 Å². The molecule has 0 spiro atoms. The second-order valence-electron chi connectivity index (χ2n) is 6.65. The van der Waals surface area contributed by atoms with Crippen LogP contribution in [0.4, 0.5) is 0 Å². The molecule has 0 fully saturated rings. The van der Waals surface area contributed by atoms with Crippen LogP contribution in [0, 0.1) is 0 Å². The number of hydrogen-bond acceptors (Lipinski definition) is 5. The second kappa shape index (κ2) is 8.20. The summed E-state index contributed by atoms with van der Waals surface area (Å²) in [6.07, 6.45) is 3.85. The largest absolute Gasteiger partial charge is 0.481 e. The van der Waals surface area contributed by atoms with Gasteiger partial charge in [0.1, 0.15) is 11.9 Å². The second-order valence-corrected chi connectivity index (χ2v) is 6.65. The van der Waals surface area contributed by atoms with E-state index in [0.29, 0.717) is 31.8 Å². The van der Waals surface area contributed by atoms with Gasteiger partial charge < -0.3 is 19.9 Å². The zero-order valence-corrected chi connectivity index (χ0v) is 15.9. The van der Waals surface area contributed by atoms with Crippen molar-refractivity contribution in [3.05, 3.63) is 29.7 Å². The first kappa shape index (κ1) is 18.9. The van der Waals surface area contributed by atoms with E-state index in [1.165, 1.54) is 6.92 Å². The average Bonchev–Trinajstić information content (AvgIpc) is 3.10. The molecule has 144 valence electrons. The van der Waals surface area contributed by atoms with E-state index in [9.17, 15) is 9.59 Å². The smallest absolute Gasteiger partial charge is 0.245 e. The van der Waals surface area contributed by atoms with Crippen LogP contribution in [-0.4, -0.2) is 51.4 Å². The summed E-state index contributed by atoms with van der Waals surface area (Å²) in [5.74, 6) is 1.05. The number of H-pyrrole nitrogens is 1. The lowest BCUT2D eigenvalue weighted by atomic mass is 10.1. The van der Waals surface area contributed by atoms with Gasteiger partial charge in [-0.3, -0.25) is 9.59 Å². The number of carbonyl (C=O) groups is 2. The topological polar surface area (TPSA) is 100 Å². The number of methoxy groups -OCH3 is 1. The first-order valence-electron chi connectivity index (χ1n) is 9.15. The number of rotatable bonds is 6. The van der Waals surface area contributed by atoms with E-state index in [1.807, 2.05) is 13.0 Å². The Morgan fingerprint density at radius 3 is 2.85 bits per heavy atom. The van der Waals surface area contributed by atoms with Gasteiger partial charge in [0.25, 0.3) is 0 Å². The van der Waals surface area contributed by atoms with Crippen molar-refractivity contribution >= 4 is 11.8 Å². The molecule has 1 atom stereocenters. The van der Waals surface area contributed by atoms with Gasteiger partial charge in [-0.05, 0) is 12.5 Å². The van der Waals surface area contributed by atoms with Crippen molar-refractivity contribution in [2.75, 3.05) is 13.7 Å². The molecule has 1 aliphatic rings. The minimum absolute atomic E-state index is 0.0417. The van der Waals surface area contributed by atoms with Gasteiger partial charge in [0, 0.05) is 37.7 Å². The van der Waals surface area contributed by atoms with E-state index >= 15 is 0 Å². The molecule has 0 radical (unpaired) electrons. The number of nitrogens with zero attached hydrogens (tertiary/aromatic N) is 3. The van der Waals surface area contributed by atoms with E-state index in [0.717, 1.165) is 29.2 Å².